The normalized spacial score (nSPS) is 21.5. The van der Waals surface area contributed by atoms with Crippen molar-refractivity contribution in [2.45, 2.75) is 37.3 Å². The number of aromatic amines is 1. The molecule has 6 nitrogen and oxygen atoms in total. The highest BCUT2D eigenvalue weighted by atomic mass is 32.2. The number of H-pyrrole nitrogens is 1. The Hall–Kier alpha value is -1.39. The predicted molar refractivity (Wildman–Crippen MR) is 60.5 cm³/mol. The lowest BCUT2D eigenvalue weighted by Gasteiger charge is -2.17. The molecule has 2 heterocycles. The Labute approximate surface area is 100 Å². The van der Waals surface area contributed by atoms with E-state index in [0.717, 1.165) is 6.42 Å². The zero-order chi connectivity index (χ0) is 12.5. The molecule has 7 heteroatoms. The zero-order valence-corrected chi connectivity index (χ0v) is 10.4. The number of nitrogens with zero attached hydrogens (tertiary/aromatic N) is 3. The van der Waals surface area contributed by atoms with Gasteiger partial charge in [-0.05, 0) is 12.8 Å². The van der Waals surface area contributed by atoms with Crippen molar-refractivity contribution in [1.82, 2.24) is 14.3 Å². The molecule has 1 aromatic heterocycles. The summed E-state index contributed by atoms with van der Waals surface area (Å²) in [7, 11) is -3.60. The average Bonchev–Trinajstić information content (AvgIpc) is 2.97. The Bertz CT molecular complexity index is 543. The van der Waals surface area contributed by atoms with Gasteiger partial charge in [0, 0.05) is 13.0 Å². The SMILES string of the molecule is CCc1ncc(S(=O)(=O)N2CCCC2C#N)[nH]1. The summed E-state index contributed by atoms with van der Waals surface area (Å²) in [6, 6.07) is 1.48. The lowest BCUT2D eigenvalue weighted by molar-refractivity contribution is 0.435. The molecule has 0 aromatic carbocycles. The van der Waals surface area contributed by atoms with Crippen LogP contribution in [-0.2, 0) is 16.4 Å². The number of aryl methyl sites for hydroxylation is 1. The molecule has 1 atom stereocenters. The Morgan fingerprint density at radius 3 is 3.06 bits per heavy atom. The van der Waals surface area contributed by atoms with E-state index in [0.29, 0.717) is 25.2 Å². The van der Waals surface area contributed by atoms with Gasteiger partial charge in [-0.25, -0.2) is 13.4 Å². The number of imidazole rings is 1. The molecule has 0 saturated carbocycles. The highest BCUT2D eigenvalue weighted by Gasteiger charge is 2.36. The highest BCUT2D eigenvalue weighted by molar-refractivity contribution is 7.89. The quantitative estimate of drug-likeness (QED) is 0.857. The van der Waals surface area contributed by atoms with E-state index in [1.165, 1.54) is 10.5 Å². The Kier molecular flexibility index (Phi) is 3.17. The van der Waals surface area contributed by atoms with Crippen LogP contribution in [-0.4, -0.2) is 35.3 Å². The van der Waals surface area contributed by atoms with Gasteiger partial charge in [0.1, 0.15) is 11.9 Å². The second kappa shape index (κ2) is 4.47. The van der Waals surface area contributed by atoms with Crippen molar-refractivity contribution >= 4 is 10.0 Å². The topological polar surface area (TPSA) is 89.8 Å². The molecular formula is C10H14N4O2S. The maximum Gasteiger partial charge on any atom is 0.261 e. The summed E-state index contributed by atoms with van der Waals surface area (Å²) in [6.07, 6.45) is 3.30. The molecule has 0 spiro atoms. The van der Waals surface area contributed by atoms with Crippen molar-refractivity contribution in [2.75, 3.05) is 6.54 Å². The first-order valence-corrected chi connectivity index (χ1v) is 6.99. The first kappa shape index (κ1) is 12.1. The van der Waals surface area contributed by atoms with E-state index in [4.69, 9.17) is 5.26 Å². The standard InChI is InChI=1S/C10H14N4O2S/c1-2-9-12-7-10(13-9)17(15,16)14-5-3-4-8(14)6-11/h7-8H,2-5H2,1H3,(H,12,13). The van der Waals surface area contributed by atoms with Gasteiger partial charge in [0.25, 0.3) is 10.0 Å². The van der Waals surface area contributed by atoms with Crippen molar-refractivity contribution < 1.29 is 8.42 Å². The van der Waals surface area contributed by atoms with E-state index >= 15 is 0 Å². The van der Waals surface area contributed by atoms with E-state index in [-0.39, 0.29) is 5.03 Å². The smallest absolute Gasteiger partial charge is 0.261 e. The third kappa shape index (κ3) is 2.06. The van der Waals surface area contributed by atoms with Crippen LogP contribution in [0.4, 0.5) is 0 Å². The molecule has 1 N–H and O–H groups in total. The van der Waals surface area contributed by atoms with Gasteiger partial charge < -0.3 is 4.98 Å². The summed E-state index contributed by atoms with van der Waals surface area (Å²) in [4.78, 5) is 6.75. The Balaban J connectivity index is 2.33. The predicted octanol–water partition coefficient (Wildman–Crippen LogP) is 0.649. The number of aromatic nitrogens is 2. The summed E-state index contributed by atoms with van der Waals surface area (Å²) in [5.74, 6) is 0.635. The van der Waals surface area contributed by atoms with E-state index in [1.807, 2.05) is 13.0 Å². The van der Waals surface area contributed by atoms with Crippen molar-refractivity contribution in [3.05, 3.63) is 12.0 Å². The van der Waals surface area contributed by atoms with E-state index in [1.54, 1.807) is 0 Å². The lowest BCUT2D eigenvalue weighted by atomic mass is 10.2. The van der Waals surface area contributed by atoms with Crippen molar-refractivity contribution in [2.24, 2.45) is 0 Å². The summed E-state index contributed by atoms with van der Waals surface area (Å²) >= 11 is 0. The molecule has 1 saturated heterocycles. The minimum atomic E-state index is -3.60. The largest absolute Gasteiger partial charge is 0.332 e. The van der Waals surface area contributed by atoms with E-state index in [9.17, 15) is 8.42 Å². The van der Waals surface area contributed by atoms with Gasteiger partial charge in [0.05, 0.1) is 12.3 Å². The highest BCUT2D eigenvalue weighted by Crippen LogP contribution is 2.24. The summed E-state index contributed by atoms with van der Waals surface area (Å²) < 4.78 is 25.7. The molecule has 0 bridgehead atoms. The first-order chi connectivity index (χ1) is 8.09. The van der Waals surface area contributed by atoms with Crippen LogP contribution in [0, 0.1) is 11.3 Å². The van der Waals surface area contributed by atoms with Gasteiger partial charge in [0.15, 0.2) is 5.03 Å². The monoisotopic (exact) mass is 254 g/mol. The van der Waals surface area contributed by atoms with Gasteiger partial charge in [-0.15, -0.1) is 0 Å². The maximum absolute atomic E-state index is 12.2. The number of hydrogen-bond acceptors (Lipinski definition) is 4. The molecule has 1 aliphatic heterocycles. The third-order valence-electron chi connectivity index (χ3n) is 2.88. The second-order valence-electron chi connectivity index (χ2n) is 3.95. The van der Waals surface area contributed by atoms with Crippen LogP contribution in [0.3, 0.4) is 0 Å². The number of hydrogen-bond donors (Lipinski definition) is 1. The van der Waals surface area contributed by atoms with E-state index < -0.39 is 16.1 Å². The van der Waals surface area contributed by atoms with Crippen LogP contribution < -0.4 is 0 Å². The van der Waals surface area contributed by atoms with Crippen LogP contribution in [0.1, 0.15) is 25.6 Å². The summed E-state index contributed by atoms with van der Waals surface area (Å²) in [5.41, 5.74) is 0. The van der Waals surface area contributed by atoms with Gasteiger partial charge in [-0.2, -0.15) is 9.57 Å². The number of nitriles is 1. The van der Waals surface area contributed by atoms with Crippen molar-refractivity contribution in [3.63, 3.8) is 0 Å². The fourth-order valence-corrected chi connectivity index (χ4v) is 3.48. The van der Waals surface area contributed by atoms with Gasteiger partial charge in [-0.3, -0.25) is 0 Å². The number of nitrogens with one attached hydrogen (secondary N) is 1. The van der Waals surface area contributed by atoms with Gasteiger partial charge in [-0.1, -0.05) is 6.92 Å². The minimum absolute atomic E-state index is 0.0801. The van der Waals surface area contributed by atoms with Crippen LogP contribution in [0.25, 0.3) is 0 Å². The molecule has 1 fully saturated rings. The lowest BCUT2D eigenvalue weighted by Crippen LogP contribution is -2.34. The fourth-order valence-electron chi connectivity index (χ4n) is 1.94. The van der Waals surface area contributed by atoms with Gasteiger partial charge in [0.2, 0.25) is 0 Å². The Morgan fingerprint density at radius 2 is 2.47 bits per heavy atom. The molecule has 0 radical (unpaired) electrons. The Morgan fingerprint density at radius 1 is 1.71 bits per heavy atom. The summed E-state index contributed by atoms with van der Waals surface area (Å²) in [6.45, 7) is 2.30. The molecule has 1 aliphatic rings. The minimum Gasteiger partial charge on any atom is -0.332 e. The molecule has 92 valence electrons. The third-order valence-corrected chi connectivity index (χ3v) is 4.70. The van der Waals surface area contributed by atoms with Crippen LogP contribution >= 0.6 is 0 Å². The molecule has 17 heavy (non-hydrogen) atoms. The van der Waals surface area contributed by atoms with Crippen LogP contribution in [0.5, 0.6) is 0 Å². The van der Waals surface area contributed by atoms with Crippen molar-refractivity contribution in [1.29, 1.82) is 5.26 Å². The van der Waals surface area contributed by atoms with Crippen LogP contribution in [0.15, 0.2) is 11.2 Å². The van der Waals surface area contributed by atoms with Gasteiger partial charge >= 0.3 is 0 Å². The second-order valence-corrected chi connectivity index (χ2v) is 5.81. The molecule has 1 aromatic rings. The maximum atomic E-state index is 12.2. The van der Waals surface area contributed by atoms with Crippen molar-refractivity contribution in [3.8, 4) is 6.07 Å². The molecule has 0 amide bonds. The molecule has 0 aliphatic carbocycles. The molecule has 1 unspecified atom stereocenters. The first-order valence-electron chi connectivity index (χ1n) is 5.55. The number of sulfonamides is 1. The number of rotatable bonds is 3. The molecule has 2 rings (SSSR count). The molecular weight excluding hydrogens is 240 g/mol. The summed E-state index contributed by atoms with van der Waals surface area (Å²) in [5, 5.41) is 9.00. The van der Waals surface area contributed by atoms with E-state index in [2.05, 4.69) is 9.97 Å². The average molecular weight is 254 g/mol. The zero-order valence-electron chi connectivity index (χ0n) is 9.55. The van der Waals surface area contributed by atoms with Crippen LogP contribution in [0.2, 0.25) is 0 Å². The fraction of sp³-hybridized carbons (Fsp3) is 0.600.